The maximum absolute atomic E-state index is 11.6. The third-order valence-electron chi connectivity index (χ3n) is 4.72. The lowest BCUT2D eigenvalue weighted by molar-refractivity contribution is -0.192. The van der Waals surface area contributed by atoms with Crippen molar-refractivity contribution < 1.29 is 32.6 Å². The van der Waals surface area contributed by atoms with Gasteiger partial charge in [0.25, 0.3) is 0 Å². The van der Waals surface area contributed by atoms with Gasteiger partial charge in [-0.05, 0) is 30.4 Å². The van der Waals surface area contributed by atoms with E-state index in [1.807, 2.05) is 23.1 Å². The molecule has 0 radical (unpaired) electrons. The predicted octanol–water partition coefficient (Wildman–Crippen LogP) is 2.85. The molecule has 6 nitrogen and oxygen atoms in total. The highest BCUT2D eigenvalue weighted by molar-refractivity contribution is 8.01. The highest BCUT2D eigenvalue weighted by Crippen LogP contribution is 2.46. The van der Waals surface area contributed by atoms with E-state index in [2.05, 4.69) is 23.3 Å². The van der Waals surface area contributed by atoms with Gasteiger partial charge in [-0.3, -0.25) is 9.69 Å². The van der Waals surface area contributed by atoms with Crippen LogP contribution >= 0.6 is 23.1 Å². The number of rotatable bonds is 5. The Morgan fingerprint density at radius 1 is 1.38 bits per heavy atom. The van der Waals surface area contributed by atoms with Gasteiger partial charge in [-0.15, -0.1) is 23.1 Å². The second-order valence-electron chi connectivity index (χ2n) is 7.39. The largest absolute Gasteiger partial charge is 0.490 e. The van der Waals surface area contributed by atoms with Crippen LogP contribution in [-0.4, -0.2) is 83.4 Å². The van der Waals surface area contributed by atoms with Crippen molar-refractivity contribution in [2.75, 3.05) is 39.5 Å². The monoisotopic (exact) mass is 454 g/mol. The molecule has 1 N–H and O–H groups in total. The molecule has 0 saturated carbocycles. The van der Waals surface area contributed by atoms with Crippen molar-refractivity contribution in [2.45, 2.75) is 36.9 Å². The number of likely N-dealkylation sites (N-methyl/N-ethyl adjacent to an activating group) is 1. The molecular formula is C18H25F3N2O4S2. The number of carboxylic acid groups (broad SMARTS) is 1. The van der Waals surface area contributed by atoms with Crippen LogP contribution < -0.4 is 0 Å². The molecule has 0 aliphatic carbocycles. The van der Waals surface area contributed by atoms with Crippen LogP contribution in [0.5, 0.6) is 0 Å². The summed E-state index contributed by atoms with van der Waals surface area (Å²) in [5, 5.41) is 9.30. The lowest BCUT2D eigenvalue weighted by Crippen LogP contribution is -2.58. The van der Waals surface area contributed by atoms with E-state index in [-0.39, 0.29) is 18.6 Å². The number of likely N-dealkylation sites (tertiary alicyclic amines) is 1. The average Bonchev–Trinajstić information content (AvgIpc) is 3.19. The highest BCUT2D eigenvalue weighted by atomic mass is 32.2. The molecule has 2 fully saturated rings. The van der Waals surface area contributed by atoms with Gasteiger partial charge in [-0.25, -0.2) is 4.79 Å². The fourth-order valence-electron chi connectivity index (χ4n) is 3.10. The minimum Gasteiger partial charge on any atom is -0.475 e. The molecule has 2 saturated heterocycles. The van der Waals surface area contributed by atoms with Gasteiger partial charge in [-0.1, -0.05) is 0 Å². The number of hydrogen-bond donors (Lipinski definition) is 1. The maximum Gasteiger partial charge on any atom is 0.490 e. The van der Waals surface area contributed by atoms with Crippen LogP contribution in [0.1, 0.15) is 16.9 Å². The summed E-state index contributed by atoms with van der Waals surface area (Å²) in [7, 11) is 3.54. The lowest BCUT2D eigenvalue weighted by Gasteiger charge is -2.47. The molecule has 3 heterocycles. The predicted molar refractivity (Wildman–Crippen MR) is 106 cm³/mol. The minimum absolute atomic E-state index is 0.0503. The van der Waals surface area contributed by atoms with Crippen LogP contribution in [0.25, 0.3) is 0 Å². The van der Waals surface area contributed by atoms with Gasteiger partial charge in [0, 0.05) is 49.1 Å². The SMILES string of the molecule is Cc1ccsc1CN1CC2(CC(OCC(=O)N(C)C)CS2)C1.O=C(O)C(F)(F)F. The molecule has 0 aromatic carbocycles. The van der Waals surface area contributed by atoms with E-state index >= 15 is 0 Å². The molecule has 1 atom stereocenters. The molecule has 1 aromatic heterocycles. The van der Waals surface area contributed by atoms with E-state index in [0.717, 1.165) is 31.8 Å². The van der Waals surface area contributed by atoms with Gasteiger partial charge in [0.1, 0.15) is 6.61 Å². The number of carboxylic acids is 1. The van der Waals surface area contributed by atoms with Crippen LogP contribution in [0.4, 0.5) is 13.2 Å². The summed E-state index contributed by atoms with van der Waals surface area (Å²) in [4.78, 5) is 26.1. The summed E-state index contributed by atoms with van der Waals surface area (Å²) in [5.74, 6) is -1.69. The third-order valence-corrected chi connectivity index (χ3v) is 7.30. The number of carbonyl (C=O) groups is 2. The number of thioether (sulfide) groups is 1. The quantitative estimate of drug-likeness (QED) is 0.738. The Kier molecular flexibility index (Phi) is 8.00. The number of aliphatic carboxylic acids is 1. The highest BCUT2D eigenvalue weighted by Gasteiger charge is 2.49. The first-order chi connectivity index (χ1) is 13.4. The van der Waals surface area contributed by atoms with Gasteiger partial charge in [-0.2, -0.15) is 13.2 Å². The number of alkyl halides is 3. The number of nitrogens with zero attached hydrogens (tertiary/aromatic N) is 2. The lowest BCUT2D eigenvalue weighted by atomic mass is 9.93. The molecule has 0 bridgehead atoms. The van der Waals surface area contributed by atoms with Gasteiger partial charge < -0.3 is 14.7 Å². The summed E-state index contributed by atoms with van der Waals surface area (Å²) in [6.45, 7) is 5.78. The van der Waals surface area contributed by atoms with E-state index < -0.39 is 12.1 Å². The Morgan fingerprint density at radius 2 is 2.00 bits per heavy atom. The van der Waals surface area contributed by atoms with Gasteiger partial charge in [0.15, 0.2) is 0 Å². The number of thiophene rings is 1. The first-order valence-electron chi connectivity index (χ1n) is 8.93. The summed E-state index contributed by atoms with van der Waals surface area (Å²) < 4.78 is 37.9. The molecule has 1 spiro atoms. The van der Waals surface area contributed by atoms with Crippen LogP contribution in [0.2, 0.25) is 0 Å². The van der Waals surface area contributed by atoms with E-state index in [9.17, 15) is 18.0 Å². The van der Waals surface area contributed by atoms with Crippen molar-refractivity contribution in [2.24, 2.45) is 0 Å². The summed E-state index contributed by atoms with van der Waals surface area (Å²) in [6, 6.07) is 2.20. The number of aryl methyl sites for hydroxylation is 1. The van der Waals surface area contributed by atoms with Crippen molar-refractivity contribution in [3.05, 3.63) is 21.9 Å². The standard InChI is InChI=1S/C16H24N2O2S2.C2HF3O2/c1-12-4-5-21-14(12)7-18-10-16(11-18)6-13(9-22-16)20-8-15(19)17(2)3;3-2(4,5)1(6)7/h4-5,13H,6-11H2,1-3H3;(H,6,7). The zero-order chi connectivity index (χ0) is 21.8. The molecule has 1 unspecified atom stereocenters. The normalized spacial score (nSPS) is 20.7. The number of carbonyl (C=O) groups excluding carboxylic acids is 1. The molecule has 3 rings (SSSR count). The minimum atomic E-state index is -5.08. The zero-order valence-electron chi connectivity index (χ0n) is 16.5. The molecule has 164 valence electrons. The van der Waals surface area contributed by atoms with Crippen LogP contribution in [-0.2, 0) is 20.9 Å². The second kappa shape index (κ2) is 9.67. The molecule has 11 heteroatoms. The Balaban J connectivity index is 0.000000370. The van der Waals surface area contributed by atoms with Gasteiger partial charge >= 0.3 is 12.1 Å². The Morgan fingerprint density at radius 3 is 2.48 bits per heavy atom. The first kappa shape index (κ1) is 24.0. The number of ether oxygens (including phenoxy) is 1. The van der Waals surface area contributed by atoms with E-state index in [1.54, 1.807) is 19.0 Å². The van der Waals surface area contributed by atoms with Gasteiger partial charge in [0.05, 0.1) is 6.10 Å². The molecular weight excluding hydrogens is 429 g/mol. The van der Waals surface area contributed by atoms with Crippen molar-refractivity contribution in [1.29, 1.82) is 0 Å². The van der Waals surface area contributed by atoms with Crippen molar-refractivity contribution >= 4 is 35.0 Å². The Bertz CT molecular complexity index is 718. The van der Waals surface area contributed by atoms with Crippen LogP contribution in [0.3, 0.4) is 0 Å². The number of amides is 1. The fraction of sp³-hybridized carbons (Fsp3) is 0.667. The average molecular weight is 455 g/mol. The summed E-state index contributed by atoms with van der Waals surface area (Å²) in [6.07, 6.45) is -3.77. The van der Waals surface area contributed by atoms with Crippen molar-refractivity contribution in [1.82, 2.24) is 9.80 Å². The smallest absolute Gasteiger partial charge is 0.475 e. The summed E-state index contributed by atoms with van der Waals surface area (Å²) >= 11 is 3.89. The molecule has 2 aliphatic heterocycles. The third kappa shape index (κ3) is 6.87. The number of halogens is 3. The Labute approximate surface area is 176 Å². The zero-order valence-corrected chi connectivity index (χ0v) is 18.1. The van der Waals surface area contributed by atoms with Crippen molar-refractivity contribution in [3.8, 4) is 0 Å². The topological polar surface area (TPSA) is 70.1 Å². The molecule has 29 heavy (non-hydrogen) atoms. The molecule has 2 aliphatic rings. The first-order valence-corrected chi connectivity index (χ1v) is 10.8. The van der Waals surface area contributed by atoms with E-state index in [4.69, 9.17) is 14.6 Å². The maximum atomic E-state index is 11.6. The van der Waals surface area contributed by atoms with E-state index in [1.165, 1.54) is 10.4 Å². The van der Waals surface area contributed by atoms with Gasteiger partial charge in [0.2, 0.25) is 5.91 Å². The molecule has 1 aromatic rings. The second-order valence-corrected chi connectivity index (χ2v) is 9.88. The van der Waals surface area contributed by atoms with Crippen LogP contribution in [0.15, 0.2) is 11.4 Å². The molecule has 1 amide bonds. The summed E-state index contributed by atoms with van der Waals surface area (Å²) in [5.41, 5.74) is 1.41. The van der Waals surface area contributed by atoms with E-state index in [0.29, 0.717) is 4.75 Å². The Hall–Kier alpha value is -1.30. The number of hydrogen-bond acceptors (Lipinski definition) is 6. The fourth-order valence-corrected chi connectivity index (χ4v) is 5.65. The van der Waals surface area contributed by atoms with Crippen LogP contribution in [0, 0.1) is 6.92 Å². The van der Waals surface area contributed by atoms with Crippen molar-refractivity contribution in [3.63, 3.8) is 0 Å².